The van der Waals surface area contributed by atoms with Crippen LogP contribution in [0.5, 0.6) is 0 Å². The normalized spacial score (nSPS) is 13.3. The molecule has 0 radical (unpaired) electrons. The summed E-state index contributed by atoms with van der Waals surface area (Å²) in [5.74, 6) is -0.842. The van der Waals surface area contributed by atoms with Gasteiger partial charge in [0.25, 0.3) is 0 Å². The summed E-state index contributed by atoms with van der Waals surface area (Å²) in [6, 6.07) is 5.50. The van der Waals surface area contributed by atoms with Crippen LogP contribution in [0.4, 0.5) is 4.39 Å². The van der Waals surface area contributed by atoms with Gasteiger partial charge in [-0.3, -0.25) is 4.79 Å². The molecule has 0 fully saturated rings. The summed E-state index contributed by atoms with van der Waals surface area (Å²) in [6.07, 6.45) is -0.843. The zero-order valence-corrected chi connectivity index (χ0v) is 10.9. The first kappa shape index (κ1) is 16.8. The highest BCUT2D eigenvalue weighted by atomic mass is 35.5. The Hall–Kier alpha value is -1.17. The standard InChI is InChI=1S/C12H17FN2O2.ClH/c1-8(6-14)12(17)15-7-11(16)9-2-4-10(13)5-3-9;/h2-5,8,11,16H,6-7,14H2,1H3,(H,15,17);1H. The van der Waals surface area contributed by atoms with Gasteiger partial charge in [0, 0.05) is 19.0 Å². The van der Waals surface area contributed by atoms with E-state index in [2.05, 4.69) is 5.32 Å². The van der Waals surface area contributed by atoms with Crippen molar-refractivity contribution in [1.29, 1.82) is 0 Å². The summed E-state index contributed by atoms with van der Waals surface area (Å²) < 4.78 is 12.7. The van der Waals surface area contributed by atoms with Crippen LogP contribution in [0.1, 0.15) is 18.6 Å². The third kappa shape index (κ3) is 5.00. The van der Waals surface area contributed by atoms with Crippen molar-refractivity contribution in [2.24, 2.45) is 11.7 Å². The van der Waals surface area contributed by atoms with Crippen molar-refractivity contribution >= 4 is 18.3 Å². The molecule has 0 spiro atoms. The Balaban J connectivity index is 0.00000289. The Labute approximate surface area is 112 Å². The van der Waals surface area contributed by atoms with Crippen LogP contribution in [0.15, 0.2) is 24.3 Å². The number of hydrogen-bond donors (Lipinski definition) is 3. The number of halogens is 2. The van der Waals surface area contributed by atoms with E-state index in [-0.39, 0.29) is 43.1 Å². The van der Waals surface area contributed by atoms with Crippen LogP contribution in [0.2, 0.25) is 0 Å². The van der Waals surface area contributed by atoms with Gasteiger partial charge in [0.1, 0.15) is 5.82 Å². The first-order chi connectivity index (χ1) is 8.04. The van der Waals surface area contributed by atoms with Crippen molar-refractivity contribution in [1.82, 2.24) is 5.32 Å². The Bertz CT molecular complexity index is 373. The number of amides is 1. The van der Waals surface area contributed by atoms with Crippen LogP contribution in [-0.4, -0.2) is 24.1 Å². The minimum atomic E-state index is -0.843. The van der Waals surface area contributed by atoms with Gasteiger partial charge in [0.2, 0.25) is 5.91 Å². The summed E-state index contributed by atoms with van der Waals surface area (Å²) in [7, 11) is 0. The van der Waals surface area contributed by atoms with Gasteiger partial charge in [-0.2, -0.15) is 0 Å². The smallest absolute Gasteiger partial charge is 0.224 e. The quantitative estimate of drug-likeness (QED) is 0.751. The first-order valence-corrected chi connectivity index (χ1v) is 5.46. The van der Waals surface area contributed by atoms with Crippen molar-refractivity contribution in [3.05, 3.63) is 35.6 Å². The molecule has 2 unspecified atom stereocenters. The highest BCUT2D eigenvalue weighted by Crippen LogP contribution is 2.12. The number of nitrogens with one attached hydrogen (secondary N) is 1. The van der Waals surface area contributed by atoms with Gasteiger partial charge in [0.15, 0.2) is 0 Å². The van der Waals surface area contributed by atoms with E-state index >= 15 is 0 Å². The maximum atomic E-state index is 12.7. The van der Waals surface area contributed by atoms with E-state index < -0.39 is 6.10 Å². The molecule has 1 aromatic rings. The number of benzene rings is 1. The van der Waals surface area contributed by atoms with E-state index in [0.29, 0.717) is 5.56 Å². The van der Waals surface area contributed by atoms with Gasteiger partial charge in [0.05, 0.1) is 6.10 Å². The first-order valence-electron chi connectivity index (χ1n) is 5.46. The number of carbonyl (C=O) groups excluding carboxylic acids is 1. The summed E-state index contributed by atoms with van der Waals surface area (Å²) in [5, 5.41) is 12.3. The molecule has 4 N–H and O–H groups in total. The van der Waals surface area contributed by atoms with E-state index in [1.165, 1.54) is 24.3 Å². The fraction of sp³-hybridized carbons (Fsp3) is 0.417. The van der Waals surface area contributed by atoms with E-state index in [1.807, 2.05) is 0 Å². The molecule has 0 aromatic heterocycles. The van der Waals surface area contributed by atoms with E-state index in [4.69, 9.17) is 5.73 Å². The second-order valence-corrected chi connectivity index (χ2v) is 3.95. The molecular formula is C12H18ClFN2O2. The molecule has 1 rings (SSSR count). The van der Waals surface area contributed by atoms with Gasteiger partial charge >= 0.3 is 0 Å². The molecule has 6 heteroatoms. The lowest BCUT2D eigenvalue weighted by Crippen LogP contribution is -2.35. The summed E-state index contributed by atoms with van der Waals surface area (Å²) in [5.41, 5.74) is 5.90. The van der Waals surface area contributed by atoms with Crippen LogP contribution in [-0.2, 0) is 4.79 Å². The molecule has 4 nitrogen and oxygen atoms in total. The van der Waals surface area contributed by atoms with E-state index in [9.17, 15) is 14.3 Å². The second kappa shape index (κ2) is 8.02. The van der Waals surface area contributed by atoms with Crippen molar-refractivity contribution in [2.45, 2.75) is 13.0 Å². The van der Waals surface area contributed by atoms with Gasteiger partial charge < -0.3 is 16.2 Å². The van der Waals surface area contributed by atoms with Crippen molar-refractivity contribution in [2.75, 3.05) is 13.1 Å². The highest BCUT2D eigenvalue weighted by molar-refractivity contribution is 5.85. The van der Waals surface area contributed by atoms with E-state index in [1.54, 1.807) is 6.92 Å². The van der Waals surface area contributed by atoms with Crippen LogP contribution in [0.3, 0.4) is 0 Å². The fourth-order valence-electron chi connectivity index (χ4n) is 1.28. The molecule has 102 valence electrons. The van der Waals surface area contributed by atoms with Crippen molar-refractivity contribution in [3.63, 3.8) is 0 Å². The van der Waals surface area contributed by atoms with Gasteiger partial charge in [-0.25, -0.2) is 4.39 Å². The molecule has 2 atom stereocenters. The maximum Gasteiger partial charge on any atom is 0.224 e. The predicted molar refractivity (Wildman–Crippen MR) is 69.8 cm³/mol. The average Bonchev–Trinajstić information content (AvgIpc) is 2.35. The lowest BCUT2D eigenvalue weighted by atomic mass is 10.1. The monoisotopic (exact) mass is 276 g/mol. The topological polar surface area (TPSA) is 75.4 Å². The molecule has 0 saturated carbocycles. The molecule has 0 saturated heterocycles. The Morgan fingerprint density at radius 3 is 2.50 bits per heavy atom. The number of rotatable bonds is 5. The molecule has 0 aliphatic rings. The molecule has 1 amide bonds. The van der Waals surface area contributed by atoms with Crippen molar-refractivity contribution in [3.8, 4) is 0 Å². The lowest BCUT2D eigenvalue weighted by Gasteiger charge is -2.14. The number of nitrogens with two attached hydrogens (primary N) is 1. The van der Waals surface area contributed by atoms with Gasteiger partial charge in [-0.1, -0.05) is 19.1 Å². The molecule has 0 heterocycles. The number of aliphatic hydroxyl groups excluding tert-OH is 1. The van der Waals surface area contributed by atoms with Crippen LogP contribution in [0, 0.1) is 11.7 Å². The fourth-order valence-corrected chi connectivity index (χ4v) is 1.28. The van der Waals surface area contributed by atoms with Crippen molar-refractivity contribution < 1.29 is 14.3 Å². The molecule has 0 aliphatic carbocycles. The van der Waals surface area contributed by atoms with Gasteiger partial charge in [-0.05, 0) is 17.7 Å². The minimum Gasteiger partial charge on any atom is -0.387 e. The SMILES string of the molecule is CC(CN)C(=O)NCC(O)c1ccc(F)cc1.Cl. The maximum absolute atomic E-state index is 12.7. The third-order valence-corrected chi connectivity index (χ3v) is 2.53. The minimum absolute atomic E-state index is 0. The van der Waals surface area contributed by atoms with Crippen LogP contribution in [0.25, 0.3) is 0 Å². The summed E-state index contributed by atoms with van der Waals surface area (Å²) >= 11 is 0. The highest BCUT2D eigenvalue weighted by Gasteiger charge is 2.13. The Kier molecular flexibility index (Phi) is 7.50. The Morgan fingerprint density at radius 1 is 1.44 bits per heavy atom. The van der Waals surface area contributed by atoms with Crippen LogP contribution < -0.4 is 11.1 Å². The predicted octanol–water partition coefficient (Wildman–Crippen LogP) is 0.992. The molecular weight excluding hydrogens is 259 g/mol. The molecule has 1 aromatic carbocycles. The third-order valence-electron chi connectivity index (χ3n) is 2.53. The number of aliphatic hydroxyl groups is 1. The molecule has 0 aliphatic heterocycles. The number of carbonyl (C=O) groups is 1. The zero-order valence-electron chi connectivity index (χ0n) is 10.1. The van der Waals surface area contributed by atoms with E-state index in [0.717, 1.165) is 0 Å². The largest absolute Gasteiger partial charge is 0.387 e. The average molecular weight is 277 g/mol. The second-order valence-electron chi connectivity index (χ2n) is 3.95. The Morgan fingerprint density at radius 2 is 2.00 bits per heavy atom. The lowest BCUT2D eigenvalue weighted by molar-refractivity contribution is -0.124. The van der Waals surface area contributed by atoms with Gasteiger partial charge in [-0.15, -0.1) is 12.4 Å². The van der Waals surface area contributed by atoms with Crippen LogP contribution >= 0.6 is 12.4 Å². The zero-order chi connectivity index (χ0) is 12.8. The number of hydrogen-bond acceptors (Lipinski definition) is 3. The molecule has 0 bridgehead atoms. The summed E-state index contributed by atoms with van der Waals surface area (Å²) in [4.78, 5) is 11.4. The summed E-state index contributed by atoms with van der Waals surface area (Å²) in [6.45, 7) is 2.06. The molecule has 18 heavy (non-hydrogen) atoms.